The summed E-state index contributed by atoms with van der Waals surface area (Å²) in [4.78, 5) is 12.1. The smallest absolute Gasteiger partial charge is 0.161 e. The minimum Gasteiger partial charge on any atom is -0.504 e. The first-order valence-electron chi connectivity index (χ1n) is 7.50. The van der Waals surface area contributed by atoms with Crippen molar-refractivity contribution in [2.45, 2.75) is 49.2 Å². The van der Waals surface area contributed by atoms with E-state index in [4.69, 9.17) is 0 Å². The number of phenols is 2. The van der Waals surface area contributed by atoms with Gasteiger partial charge in [-0.05, 0) is 37.4 Å². The van der Waals surface area contributed by atoms with Crippen molar-refractivity contribution in [3.63, 3.8) is 0 Å². The molecular weight excluding hydrogens is 270 g/mol. The molecule has 0 radical (unpaired) electrons. The molecule has 3 aliphatic rings. The van der Waals surface area contributed by atoms with Gasteiger partial charge in [-0.15, -0.1) is 0 Å². The van der Waals surface area contributed by atoms with Gasteiger partial charge in [-0.1, -0.05) is 6.07 Å². The molecule has 2 bridgehead atoms. The van der Waals surface area contributed by atoms with Gasteiger partial charge in [-0.2, -0.15) is 0 Å². The summed E-state index contributed by atoms with van der Waals surface area (Å²) in [7, 11) is 0. The van der Waals surface area contributed by atoms with Gasteiger partial charge in [0.2, 0.25) is 0 Å². The van der Waals surface area contributed by atoms with Crippen LogP contribution < -0.4 is 5.32 Å². The Morgan fingerprint density at radius 3 is 2.86 bits per heavy atom. The largest absolute Gasteiger partial charge is 0.504 e. The first-order chi connectivity index (χ1) is 9.98. The minimum atomic E-state index is -1.03. The molecule has 0 spiro atoms. The van der Waals surface area contributed by atoms with Crippen LogP contribution in [-0.4, -0.2) is 39.3 Å². The van der Waals surface area contributed by atoms with Crippen LogP contribution in [0.4, 0.5) is 0 Å². The van der Waals surface area contributed by atoms with Crippen molar-refractivity contribution >= 4 is 5.78 Å². The van der Waals surface area contributed by atoms with Crippen LogP contribution in [0.3, 0.4) is 0 Å². The lowest BCUT2D eigenvalue weighted by Gasteiger charge is -2.60. The number of ketones is 1. The van der Waals surface area contributed by atoms with E-state index in [1.165, 1.54) is 6.07 Å². The summed E-state index contributed by atoms with van der Waals surface area (Å²) in [5.41, 5.74) is -0.288. The quantitative estimate of drug-likeness (QED) is 0.529. The Morgan fingerprint density at radius 1 is 1.24 bits per heavy atom. The molecule has 1 aromatic rings. The number of hydrogen-bond acceptors (Lipinski definition) is 5. The Labute approximate surface area is 122 Å². The molecule has 1 saturated heterocycles. The summed E-state index contributed by atoms with van der Waals surface area (Å²) in [6.07, 6.45) is 2.24. The maximum Gasteiger partial charge on any atom is 0.161 e. The summed E-state index contributed by atoms with van der Waals surface area (Å²) in [6, 6.07) is 3.18. The van der Waals surface area contributed by atoms with Crippen LogP contribution in [0.15, 0.2) is 12.1 Å². The van der Waals surface area contributed by atoms with Crippen LogP contribution >= 0.6 is 0 Å². The van der Waals surface area contributed by atoms with E-state index in [2.05, 4.69) is 5.32 Å². The second-order valence-corrected chi connectivity index (χ2v) is 6.65. The standard InChI is InChI=1S/C16H19NO4/c18-10-3-4-16(21)12-7-9-1-2-11(19)14(20)13(9)15(16,8-10)5-6-17-12/h1-2,12,17,19-21H,3-8H2. The van der Waals surface area contributed by atoms with Crippen molar-refractivity contribution < 1.29 is 20.1 Å². The number of phenolic OH excluding ortho intramolecular Hbond substituents is 2. The number of Topliss-reactive ketones (excluding diaryl/α,β-unsaturated/α-hetero) is 1. The monoisotopic (exact) mass is 289 g/mol. The molecule has 0 aromatic heterocycles. The molecule has 1 aromatic carbocycles. The predicted molar refractivity (Wildman–Crippen MR) is 75.4 cm³/mol. The number of piperidine rings is 1. The molecule has 2 fully saturated rings. The number of fused-ring (bicyclic) bond motifs is 1. The molecule has 0 amide bonds. The summed E-state index contributed by atoms with van der Waals surface area (Å²) in [5, 5.41) is 35.0. The molecule has 4 rings (SSSR count). The van der Waals surface area contributed by atoms with Crippen molar-refractivity contribution in [3.8, 4) is 11.5 Å². The topological polar surface area (TPSA) is 89.8 Å². The van der Waals surface area contributed by atoms with Crippen LogP contribution in [0.2, 0.25) is 0 Å². The third-order valence-electron chi connectivity index (χ3n) is 5.78. The normalized spacial score (nSPS) is 37.8. The second kappa shape index (κ2) is 3.99. The zero-order valence-electron chi connectivity index (χ0n) is 11.7. The molecule has 5 nitrogen and oxygen atoms in total. The molecule has 21 heavy (non-hydrogen) atoms. The van der Waals surface area contributed by atoms with E-state index in [0.717, 1.165) is 5.56 Å². The average Bonchev–Trinajstić information content (AvgIpc) is 2.43. The maximum atomic E-state index is 12.1. The predicted octanol–water partition coefficient (Wildman–Crippen LogP) is 0.738. The Morgan fingerprint density at radius 2 is 2.05 bits per heavy atom. The van der Waals surface area contributed by atoms with E-state index in [-0.39, 0.29) is 29.7 Å². The van der Waals surface area contributed by atoms with E-state index < -0.39 is 11.0 Å². The highest BCUT2D eigenvalue weighted by atomic mass is 16.3. The molecule has 2 aliphatic carbocycles. The Balaban J connectivity index is 2.02. The zero-order chi connectivity index (χ0) is 14.8. The van der Waals surface area contributed by atoms with E-state index in [0.29, 0.717) is 37.8 Å². The molecular formula is C16H19NO4. The minimum absolute atomic E-state index is 0.101. The summed E-state index contributed by atoms with van der Waals surface area (Å²) >= 11 is 0. The molecule has 1 heterocycles. The van der Waals surface area contributed by atoms with Gasteiger partial charge in [0.15, 0.2) is 11.5 Å². The number of aliphatic hydroxyl groups is 1. The van der Waals surface area contributed by atoms with Gasteiger partial charge < -0.3 is 20.6 Å². The molecule has 3 atom stereocenters. The summed E-state index contributed by atoms with van der Waals surface area (Å²) < 4.78 is 0. The van der Waals surface area contributed by atoms with Crippen molar-refractivity contribution in [2.75, 3.05) is 6.54 Å². The van der Waals surface area contributed by atoms with Gasteiger partial charge in [0, 0.05) is 29.9 Å². The van der Waals surface area contributed by atoms with E-state index >= 15 is 0 Å². The molecule has 4 N–H and O–H groups in total. The van der Waals surface area contributed by atoms with Crippen LogP contribution in [0.25, 0.3) is 0 Å². The number of hydrogen-bond donors (Lipinski definition) is 4. The first-order valence-corrected chi connectivity index (χ1v) is 7.50. The van der Waals surface area contributed by atoms with Gasteiger partial charge in [-0.3, -0.25) is 4.79 Å². The molecule has 1 saturated carbocycles. The van der Waals surface area contributed by atoms with Crippen LogP contribution in [-0.2, 0) is 16.6 Å². The van der Waals surface area contributed by atoms with Crippen molar-refractivity contribution in [2.24, 2.45) is 0 Å². The van der Waals surface area contributed by atoms with Crippen molar-refractivity contribution in [1.29, 1.82) is 0 Å². The highest BCUT2D eigenvalue weighted by molar-refractivity contribution is 5.83. The van der Waals surface area contributed by atoms with E-state index in [9.17, 15) is 20.1 Å². The van der Waals surface area contributed by atoms with E-state index in [1.54, 1.807) is 6.07 Å². The van der Waals surface area contributed by atoms with Gasteiger partial charge in [0.25, 0.3) is 0 Å². The highest BCUT2D eigenvalue weighted by Crippen LogP contribution is 2.58. The lowest BCUT2D eigenvalue weighted by atomic mass is 9.49. The maximum absolute atomic E-state index is 12.1. The Hall–Kier alpha value is -1.59. The number of carbonyl (C=O) groups excluding carboxylic acids is 1. The Bertz CT molecular complexity index is 643. The molecule has 5 heteroatoms. The van der Waals surface area contributed by atoms with Crippen LogP contribution in [0.5, 0.6) is 11.5 Å². The van der Waals surface area contributed by atoms with Crippen molar-refractivity contribution in [3.05, 3.63) is 23.3 Å². The fraction of sp³-hybridized carbons (Fsp3) is 0.562. The zero-order valence-corrected chi connectivity index (χ0v) is 11.7. The SMILES string of the molecule is O=C1CCC2(O)C3Cc4ccc(O)c(O)c4C2(CCN3)C1. The van der Waals surface area contributed by atoms with E-state index in [1.807, 2.05) is 0 Å². The third kappa shape index (κ3) is 1.45. The summed E-state index contributed by atoms with van der Waals surface area (Å²) in [5.74, 6) is -0.225. The molecule has 3 unspecified atom stereocenters. The third-order valence-corrected chi connectivity index (χ3v) is 5.78. The van der Waals surface area contributed by atoms with Gasteiger partial charge in [0.05, 0.1) is 5.60 Å². The fourth-order valence-corrected chi connectivity index (χ4v) is 4.81. The second-order valence-electron chi connectivity index (χ2n) is 6.65. The van der Waals surface area contributed by atoms with Crippen LogP contribution in [0, 0.1) is 0 Å². The fourth-order valence-electron chi connectivity index (χ4n) is 4.81. The van der Waals surface area contributed by atoms with Gasteiger partial charge in [0.1, 0.15) is 5.78 Å². The average molecular weight is 289 g/mol. The van der Waals surface area contributed by atoms with Crippen molar-refractivity contribution in [1.82, 2.24) is 5.32 Å². The lowest BCUT2D eigenvalue weighted by Crippen LogP contribution is -2.72. The summed E-state index contributed by atoms with van der Waals surface area (Å²) in [6.45, 7) is 0.703. The molecule has 1 aliphatic heterocycles. The lowest BCUT2D eigenvalue weighted by molar-refractivity contribution is -0.149. The number of benzene rings is 1. The highest BCUT2D eigenvalue weighted by Gasteiger charge is 2.63. The van der Waals surface area contributed by atoms with Gasteiger partial charge >= 0.3 is 0 Å². The number of carbonyl (C=O) groups is 1. The Kier molecular flexibility index (Phi) is 2.49. The van der Waals surface area contributed by atoms with Gasteiger partial charge in [-0.25, -0.2) is 0 Å². The number of nitrogens with one attached hydrogen (secondary N) is 1. The van der Waals surface area contributed by atoms with Crippen LogP contribution in [0.1, 0.15) is 36.8 Å². The molecule has 112 valence electrons. The number of rotatable bonds is 0. The first kappa shape index (κ1) is 13.1. The number of aromatic hydroxyl groups is 2.